The molecule has 0 radical (unpaired) electrons. The Kier molecular flexibility index (Phi) is 6.07. The second-order valence-electron chi connectivity index (χ2n) is 5.04. The zero-order valence-corrected chi connectivity index (χ0v) is 12.4. The predicted octanol–water partition coefficient (Wildman–Crippen LogP) is 5.53. The molecule has 0 atom stereocenters. The predicted molar refractivity (Wildman–Crippen MR) is 85.8 cm³/mol. The van der Waals surface area contributed by atoms with Crippen LogP contribution in [-0.4, -0.2) is 6.61 Å². The molecule has 0 aliphatic heterocycles. The second kappa shape index (κ2) is 8.30. The lowest BCUT2D eigenvalue weighted by molar-refractivity contribution is 0.303. The van der Waals surface area contributed by atoms with Gasteiger partial charge in [0.05, 0.1) is 12.3 Å². The minimum Gasteiger partial charge on any atom is -0.493 e. The Balaban J connectivity index is 1.88. The molecule has 2 aromatic carbocycles. The molecule has 112 valence electrons. The van der Waals surface area contributed by atoms with E-state index in [9.17, 15) is 4.39 Å². The lowest BCUT2D eigenvalue weighted by atomic mass is 10.2. The Morgan fingerprint density at radius 3 is 2.52 bits per heavy atom. The Bertz CT molecular complexity index is 542. The van der Waals surface area contributed by atoms with Crippen molar-refractivity contribution in [2.45, 2.75) is 32.6 Å². The molecule has 0 heterocycles. The fourth-order valence-electron chi connectivity index (χ4n) is 2.08. The van der Waals surface area contributed by atoms with Crippen LogP contribution in [0.5, 0.6) is 5.75 Å². The molecule has 2 nitrogen and oxygen atoms in total. The summed E-state index contributed by atoms with van der Waals surface area (Å²) in [6.45, 7) is 2.82. The third kappa shape index (κ3) is 5.10. The zero-order valence-electron chi connectivity index (χ0n) is 12.4. The summed E-state index contributed by atoms with van der Waals surface area (Å²) >= 11 is 0. The molecule has 2 rings (SSSR count). The van der Waals surface area contributed by atoms with E-state index in [0.717, 1.165) is 18.5 Å². The number of halogens is 1. The van der Waals surface area contributed by atoms with Crippen LogP contribution in [0.15, 0.2) is 48.5 Å². The van der Waals surface area contributed by atoms with Crippen molar-refractivity contribution >= 4 is 11.4 Å². The highest BCUT2D eigenvalue weighted by atomic mass is 19.1. The van der Waals surface area contributed by atoms with Crippen molar-refractivity contribution in [3.05, 3.63) is 54.3 Å². The molecule has 0 amide bonds. The molecule has 0 aromatic heterocycles. The maximum atomic E-state index is 14.0. The van der Waals surface area contributed by atoms with Crippen molar-refractivity contribution in [3.8, 4) is 5.75 Å². The van der Waals surface area contributed by atoms with Crippen LogP contribution in [-0.2, 0) is 0 Å². The number of anilines is 2. The third-order valence-corrected chi connectivity index (χ3v) is 3.26. The normalized spacial score (nSPS) is 10.4. The first-order valence-electron chi connectivity index (χ1n) is 7.54. The van der Waals surface area contributed by atoms with E-state index in [-0.39, 0.29) is 5.82 Å². The first-order valence-corrected chi connectivity index (χ1v) is 7.54. The topological polar surface area (TPSA) is 21.3 Å². The molecule has 0 saturated carbocycles. The summed E-state index contributed by atoms with van der Waals surface area (Å²) in [7, 11) is 0. The van der Waals surface area contributed by atoms with Gasteiger partial charge in [-0.1, -0.05) is 44.4 Å². The van der Waals surface area contributed by atoms with Gasteiger partial charge in [-0.05, 0) is 30.7 Å². The van der Waals surface area contributed by atoms with E-state index in [4.69, 9.17) is 4.74 Å². The maximum absolute atomic E-state index is 14.0. The van der Waals surface area contributed by atoms with E-state index in [0.29, 0.717) is 18.0 Å². The van der Waals surface area contributed by atoms with Gasteiger partial charge in [-0.25, -0.2) is 4.39 Å². The van der Waals surface area contributed by atoms with E-state index in [1.165, 1.54) is 18.9 Å². The van der Waals surface area contributed by atoms with Crippen LogP contribution >= 0.6 is 0 Å². The molecule has 0 aliphatic carbocycles. The number of para-hydroxylation sites is 1. The van der Waals surface area contributed by atoms with E-state index in [2.05, 4.69) is 12.2 Å². The SMILES string of the molecule is CCCCCCOc1ccc(Nc2ccccc2)c(F)c1. The number of hydrogen-bond acceptors (Lipinski definition) is 2. The summed E-state index contributed by atoms with van der Waals surface area (Å²) in [6.07, 6.45) is 4.60. The van der Waals surface area contributed by atoms with E-state index in [1.807, 2.05) is 30.3 Å². The molecular weight excluding hydrogens is 265 g/mol. The van der Waals surface area contributed by atoms with Crippen molar-refractivity contribution in [3.63, 3.8) is 0 Å². The standard InChI is InChI=1S/C18H22FNO/c1-2-3-4-8-13-21-16-11-12-18(17(19)14-16)20-15-9-6-5-7-10-15/h5-7,9-12,14,20H,2-4,8,13H2,1H3. The van der Waals surface area contributed by atoms with Crippen molar-refractivity contribution in [1.82, 2.24) is 0 Å². The van der Waals surface area contributed by atoms with E-state index in [1.54, 1.807) is 12.1 Å². The average molecular weight is 287 g/mol. The minimum absolute atomic E-state index is 0.301. The van der Waals surface area contributed by atoms with Crippen LogP contribution in [0.3, 0.4) is 0 Å². The summed E-state index contributed by atoms with van der Waals surface area (Å²) in [5.41, 5.74) is 1.32. The number of benzene rings is 2. The third-order valence-electron chi connectivity index (χ3n) is 3.26. The van der Waals surface area contributed by atoms with Gasteiger partial charge in [0, 0.05) is 11.8 Å². The van der Waals surface area contributed by atoms with Crippen LogP contribution in [0, 0.1) is 5.82 Å². The summed E-state index contributed by atoms with van der Waals surface area (Å²) in [5, 5.41) is 3.05. The van der Waals surface area contributed by atoms with Crippen molar-refractivity contribution in [2.75, 3.05) is 11.9 Å². The Morgan fingerprint density at radius 1 is 1.00 bits per heavy atom. The second-order valence-corrected chi connectivity index (χ2v) is 5.04. The van der Waals surface area contributed by atoms with Gasteiger partial charge in [0.1, 0.15) is 11.6 Å². The molecule has 0 fully saturated rings. The molecule has 3 heteroatoms. The van der Waals surface area contributed by atoms with Crippen molar-refractivity contribution < 1.29 is 9.13 Å². The van der Waals surface area contributed by atoms with E-state index >= 15 is 0 Å². The summed E-state index contributed by atoms with van der Waals surface area (Å²) in [4.78, 5) is 0. The summed E-state index contributed by atoms with van der Waals surface area (Å²) in [6, 6.07) is 14.5. The summed E-state index contributed by atoms with van der Waals surface area (Å²) < 4.78 is 19.6. The van der Waals surface area contributed by atoms with Gasteiger partial charge in [-0.15, -0.1) is 0 Å². The quantitative estimate of drug-likeness (QED) is 0.645. The zero-order chi connectivity index (χ0) is 14.9. The molecule has 1 N–H and O–H groups in total. The molecule has 2 aromatic rings. The number of nitrogens with one attached hydrogen (secondary N) is 1. The molecule has 0 unspecified atom stereocenters. The van der Waals surface area contributed by atoms with Crippen LogP contribution in [0.2, 0.25) is 0 Å². The first kappa shape index (κ1) is 15.4. The van der Waals surface area contributed by atoms with Crippen molar-refractivity contribution in [1.29, 1.82) is 0 Å². The smallest absolute Gasteiger partial charge is 0.150 e. The lowest BCUT2D eigenvalue weighted by Crippen LogP contribution is -1.99. The van der Waals surface area contributed by atoms with Gasteiger partial charge in [0.2, 0.25) is 0 Å². The molecule has 0 aliphatic rings. The molecule has 0 bridgehead atoms. The highest BCUT2D eigenvalue weighted by molar-refractivity contribution is 5.60. The van der Waals surface area contributed by atoms with Gasteiger partial charge in [0.25, 0.3) is 0 Å². The summed E-state index contributed by atoms with van der Waals surface area (Å²) in [5.74, 6) is 0.285. The highest BCUT2D eigenvalue weighted by Crippen LogP contribution is 2.24. The average Bonchev–Trinajstić information content (AvgIpc) is 2.51. The van der Waals surface area contributed by atoms with Crippen LogP contribution in [0.4, 0.5) is 15.8 Å². The number of hydrogen-bond donors (Lipinski definition) is 1. The monoisotopic (exact) mass is 287 g/mol. The number of ether oxygens (including phenoxy) is 1. The lowest BCUT2D eigenvalue weighted by Gasteiger charge is -2.10. The molecule has 0 spiro atoms. The number of unbranched alkanes of at least 4 members (excludes halogenated alkanes) is 3. The van der Waals surface area contributed by atoms with Crippen LogP contribution in [0.25, 0.3) is 0 Å². The van der Waals surface area contributed by atoms with Crippen molar-refractivity contribution in [2.24, 2.45) is 0 Å². The van der Waals surface area contributed by atoms with Gasteiger partial charge in [-0.2, -0.15) is 0 Å². The van der Waals surface area contributed by atoms with Gasteiger partial charge >= 0.3 is 0 Å². The highest BCUT2D eigenvalue weighted by Gasteiger charge is 2.04. The van der Waals surface area contributed by atoms with Gasteiger partial charge in [-0.3, -0.25) is 0 Å². The largest absolute Gasteiger partial charge is 0.493 e. The Hall–Kier alpha value is -2.03. The molecule has 21 heavy (non-hydrogen) atoms. The Morgan fingerprint density at radius 2 is 1.81 bits per heavy atom. The maximum Gasteiger partial charge on any atom is 0.150 e. The molecular formula is C18H22FNO. The minimum atomic E-state index is -0.301. The van der Waals surface area contributed by atoms with Gasteiger partial charge in [0.15, 0.2) is 0 Å². The Labute approximate surface area is 126 Å². The molecule has 0 saturated heterocycles. The van der Waals surface area contributed by atoms with E-state index < -0.39 is 0 Å². The fraction of sp³-hybridized carbons (Fsp3) is 0.333. The number of rotatable bonds is 8. The van der Waals surface area contributed by atoms with Gasteiger partial charge < -0.3 is 10.1 Å². The van der Waals surface area contributed by atoms with Crippen LogP contribution < -0.4 is 10.1 Å². The first-order chi connectivity index (χ1) is 10.3. The van der Waals surface area contributed by atoms with Crippen LogP contribution in [0.1, 0.15) is 32.6 Å². The fourth-order valence-corrected chi connectivity index (χ4v) is 2.08.